The Morgan fingerprint density at radius 3 is 2.69 bits per heavy atom. The summed E-state index contributed by atoms with van der Waals surface area (Å²) >= 11 is 0. The zero-order chi connectivity index (χ0) is 18.7. The third kappa shape index (κ3) is 4.14. The van der Waals surface area contributed by atoms with Gasteiger partial charge < -0.3 is 14.2 Å². The normalized spacial score (nSPS) is 15.9. The monoisotopic (exact) mass is 368 g/mol. The van der Waals surface area contributed by atoms with Crippen LogP contribution in [0.15, 0.2) is 35.4 Å². The summed E-state index contributed by atoms with van der Waals surface area (Å²) in [6.07, 6.45) is 0.233. The maximum atomic E-state index is 12.7. The average molecular weight is 368 g/mol. The van der Waals surface area contributed by atoms with Crippen molar-refractivity contribution < 1.29 is 17.9 Å². The van der Waals surface area contributed by atoms with Crippen molar-refractivity contribution in [2.75, 3.05) is 24.6 Å². The van der Waals surface area contributed by atoms with E-state index in [1.807, 2.05) is 4.90 Å². The molecule has 1 saturated heterocycles. The highest BCUT2D eigenvalue weighted by Gasteiger charge is 2.32. The summed E-state index contributed by atoms with van der Waals surface area (Å²) in [5, 5.41) is 0. The molecule has 0 amide bonds. The van der Waals surface area contributed by atoms with Crippen LogP contribution in [0.1, 0.15) is 18.5 Å². The van der Waals surface area contributed by atoms with Crippen molar-refractivity contribution in [1.29, 1.82) is 0 Å². The van der Waals surface area contributed by atoms with Crippen LogP contribution >= 0.6 is 0 Å². The first kappa shape index (κ1) is 18.2. The minimum Gasteiger partial charge on any atom is -0.477 e. The molecule has 3 heterocycles. The molecule has 0 aromatic carbocycles. The molecule has 140 valence electrons. The van der Waals surface area contributed by atoms with E-state index in [0.29, 0.717) is 25.5 Å². The fourth-order valence-electron chi connectivity index (χ4n) is 2.87. The van der Waals surface area contributed by atoms with Crippen molar-refractivity contribution in [1.82, 2.24) is 14.5 Å². The van der Waals surface area contributed by atoms with Crippen LogP contribution < -0.4 is 15.2 Å². The van der Waals surface area contributed by atoms with Crippen molar-refractivity contribution in [2.24, 2.45) is 13.0 Å². The molecule has 3 rings (SSSR count). The minimum absolute atomic E-state index is 0.0270. The molecule has 0 radical (unpaired) electrons. The van der Waals surface area contributed by atoms with Crippen molar-refractivity contribution in [3.8, 4) is 5.88 Å². The highest BCUT2D eigenvalue weighted by Crippen LogP contribution is 2.29. The summed E-state index contributed by atoms with van der Waals surface area (Å²) in [6, 6.07) is 3.62. The average Bonchev–Trinajstić information content (AvgIpc) is 2.62. The van der Waals surface area contributed by atoms with E-state index in [1.165, 1.54) is 16.7 Å². The van der Waals surface area contributed by atoms with E-state index in [0.717, 1.165) is 18.9 Å². The maximum Gasteiger partial charge on any atom is 0.433 e. The van der Waals surface area contributed by atoms with Crippen molar-refractivity contribution >= 4 is 5.82 Å². The highest BCUT2D eigenvalue weighted by atomic mass is 19.4. The number of alkyl halides is 3. The molecule has 0 bridgehead atoms. The van der Waals surface area contributed by atoms with Crippen LogP contribution in [0.25, 0.3) is 0 Å². The largest absolute Gasteiger partial charge is 0.477 e. The molecule has 9 heteroatoms. The van der Waals surface area contributed by atoms with Gasteiger partial charge in [-0.25, -0.2) is 9.97 Å². The number of halogens is 3. The first-order chi connectivity index (χ1) is 12.3. The smallest absolute Gasteiger partial charge is 0.433 e. The predicted molar refractivity (Wildman–Crippen MR) is 89.1 cm³/mol. The molecule has 0 spiro atoms. The summed E-state index contributed by atoms with van der Waals surface area (Å²) in [7, 11) is 1.68. The van der Waals surface area contributed by atoms with Gasteiger partial charge in [0, 0.05) is 38.6 Å². The molecule has 1 aliphatic rings. The van der Waals surface area contributed by atoms with Gasteiger partial charge in [-0.3, -0.25) is 4.79 Å². The lowest BCUT2D eigenvalue weighted by atomic mass is 9.98. The van der Waals surface area contributed by atoms with E-state index in [1.54, 1.807) is 19.4 Å². The van der Waals surface area contributed by atoms with Crippen molar-refractivity contribution in [2.45, 2.75) is 19.0 Å². The molecule has 2 aromatic rings. The highest BCUT2D eigenvalue weighted by molar-refractivity contribution is 5.36. The number of hydrogen-bond donors (Lipinski definition) is 0. The standard InChI is InChI=1S/C17H19F3N4O2/c1-23-10-7-21-15(16(23)25)24-8-5-12(6-9-24)11-26-14-4-2-3-13(22-14)17(18,19)20/h2-4,7,10,12H,5-6,8-9,11H2,1H3. The zero-order valence-corrected chi connectivity index (χ0v) is 14.2. The number of aromatic nitrogens is 3. The van der Waals surface area contributed by atoms with Gasteiger partial charge in [0.15, 0.2) is 5.82 Å². The van der Waals surface area contributed by atoms with Crippen LogP contribution in [0, 0.1) is 5.92 Å². The van der Waals surface area contributed by atoms with Gasteiger partial charge in [-0.15, -0.1) is 0 Å². The molecular weight excluding hydrogens is 349 g/mol. The third-order valence-electron chi connectivity index (χ3n) is 4.39. The summed E-state index contributed by atoms with van der Waals surface area (Å²) in [4.78, 5) is 21.7. The van der Waals surface area contributed by atoms with Crippen LogP contribution in [0.5, 0.6) is 5.88 Å². The molecular formula is C17H19F3N4O2. The fraction of sp³-hybridized carbons (Fsp3) is 0.471. The maximum absolute atomic E-state index is 12.7. The lowest BCUT2D eigenvalue weighted by Crippen LogP contribution is -2.40. The summed E-state index contributed by atoms with van der Waals surface area (Å²) in [5.74, 6) is 0.588. The number of pyridine rings is 1. The topological polar surface area (TPSA) is 60.3 Å². The Morgan fingerprint density at radius 2 is 2.00 bits per heavy atom. The van der Waals surface area contributed by atoms with Crippen LogP contribution in [-0.2, 0) is 13.2 Å². The quantitative estimate of drug-likeness (QED) is 0.830. The van der Waals surface area contributed by atoms with Gasteiger partial charge in [0.05, 0.1) is 6.61 Å². The van der Waals surface area contributed by atoms with Crippen LogP contribution in [-0.4, -0.2) is 34.2 Å². The minimum atomic E-state index is -4.49. The summed E-state index contributed by atoms with van der Waals surface area (Å²) in [6.45, 7) is 1.59. The molecule has 6 nitrogen and oxygen atoms in total. The van der Waals surface area contributed by atoms with E-state index >= 15 is 0 Å². The second-order valence-electron chi connectivity index (χ2n) is 6.27. The van der Waals surface area contributed by atoms with Gasteiger partial charge in [0.1, 0.15) is 5.69 Å². The zero-order valence-electron chi connectivity index (χ0n) is 14.2. The number of anilines is 1. The van der Waals surface area contributed by atoms with Gasteiger partial charge in [-0.1, -0.05) is 6.07 Å². The lowest BCUT2D eigenvalue weighted by Gasteiger charge is -2.32. The number of aryl methyl sites for hydroxylation is 1. The van der Waals surface area contributed by atoms with Crippen molar-refractivity contribution in [3.05, 3.63) is 46.6 Å². The molecule has 26 heavy (non-hydrogen) atoms. The molecule has 0 atom stereocenters. The van der Waals surface area contributed by atoms with E-state index in [4.69, 9.17) is 4.74 Å². The van der Waals surface area contributed by atoms with Gasteiger partial charge in [0.2, 0.25) is 5.88 Å². The Hall–Kier alpha value is -2.58. The van der Waals surface area contributed by atoms with Crippen LogP contribution in [0.3, 0.4) is 0 Å². The number of nitrogens with zero attached hydrogens (tertiary/aromatic N) is 4. The molecule has 1 aliphatic heterocycles. The molecule has 0 saturated carbocycles. The first-order valence-electron chi connectivity index (χ1n) is 8.28. The van der Waals surface area contributed by atoms with Gasteiger partial charge in [-0.05, 0) is 24.8 Å². The molecule has 2 aromatic heterocycles. The first-order valence-corrected chi connectivity index (χ1v) is 8.28. The van der Waals surface area contributed by atoms with Gasteiger partial charge in [-0.2, -0.15) is 13.2 Å². The van der Waals surface area contributed by atoms with Crippen LogP contribution in [0.2, 0.25) is 0 Å². The Labute approximate surface area is 148 Å². The molecule has 0 N–H and O–H groups in total. The SMILES string of the molecule is Cn1ccnc(N2CCC(COc3cccc(C(F)(F)F)n3)CC2)c1=O. The van der Waals surface area contributed by atoms with E-state index in [2.05, 4.69) is 9.97 Å². The summed E-state index contributed by atoms with van der Waals surface area (Å²) < 4.78 is 45.0. The predicted octanol–water partition coefficient (Wildman–Crippen LogP) is 2.49. The van der Waals surface area contributed by atoms with Crippen LogP contribution in [0.4, 0.5) is 19.0 Å². The number of ether oxygens (including phenoxy) is 1. The Kier molecular flexibility index (Phi) is 5.15. The third-order valence-corrected chi connectivity index (χ3v) is 4.39. The van der Waals surface area contributed by atoms with E-state index in [9.17, 15) is 18.0 Å². The summed E-state index contributed by atoms with van der Waals surface area (Å²) in [5.41, 5.74) is -1.11. The lowest BCUT2D eigenvalue weighted by molar-refractivity contribution is -0.141. The second-order valence-corrected chi connectivity index (χ2v) is 6.27. The van der Waals surface area contributed by atoms with E-state index < -0.39 is 11.9 Å². The molecule has 0 unspecified atom stereocenters. The van der Waals surface area contributed by atoms with E-state index in [-0.39, 0.29) is 17.4 Å². The number of piperidine rings is 1. The van der Waals surface area contributed by atoms with Gasteiger partial charge >= 0.3 is 6.18 Å². The molecule has 0 aliphatic carbocycles. The Morgan fingerprint density at radius 1 is 1.27 bits per heavy atom. The fourth-order valence-corrected chi connectivity index (χ4v) is 2.87. The Bertz CT molecular complexity index is 814. The second kappa shape index (κ2) is 7.35. The molecule has 1 fully saturated rings. The van der Waals surface area contributed by atoms with Crippen molar-refractivity contribution in [3.63, 3.8) is 0 Å². The number of hydrogen-bond acceptors (Lipinski definition) is 5. The van der Waals surface area contributed by atoms with Gasteiger partial charge in [0.25, 0.3) is 5.56 Å². The number of rotatable bonds is 4. The Balaban J connectivity index is 1.55.